The maximum atomic E-state index is 11.1. The molecule has 1 aromatic heterocycles. The molecule has 0 spiro atoms. The van der Waals surface area contributed by atoms with Crippen LogP contribution in [0.25, 0.3) is 0 Å². The van der Waals surface area contributed by atoms with Gasteiger partial charge in [-0.25, -0.2) is 0 Å². The van der Waals surface area contributed by atoms with Crippen molar-refractivity contribution in [2.45, 2.75) is 51.2 Å². The first kappa shape index (κ1) is 11.0. The Kier molecular flexibility index (Phi) is 2.74. The lowest BCUT2D eigenvalue weighted by molar-refractivity contribution is 0.111. The van der Waals surface area contributed by atoms with Crippen LogP contribution in [0.2, 0.25) is 0 Å². The summed E-state index contributed by atoms with van der Waals surface area (Å²) in [7, 11) is 2.10. The lowest BCUT2D eigenvalue weighted by Gasteiger charge is -2.23. The predicted octanol–water partition coefficient (Wildman–Crippen LogP) is 2.15. The molecule has 0 unspecified atom stereocenters. The number of aromatic nitrogens is 2. The molecule has 1 aromatic rings. The van der Waals surface area contributed by atoms with Crippen molar-refractivity contribution >= 4 is 6.29 Å². The van der Waals surface area contributed by atoms with Crippen molar-refractivity contribution < 1.29 is 4.79 Å². The van der Waals surface area contributed by atoms with Crippen LogP contribution < -0.4 is 0 Å². The highest BCUT2D eigenvalue weighted by Gasteiger charge is 2.28. The second-order valence-electron chi connectivity index (χ2n) is 5.34. The molecule has 2 heterocycles. The number of hydrogen-bond acceptors (Lipinski definition) is 3. The van der Waals surface area contributed by atoms with Crippen LogP contribution in [-0.2, 0) is 13.1 Å². The van der Waals surface area contributed by atoms with Gasteiger partial charge in [-0.15, -0.1) is 0 Å². The van der Waals surface area contributed by atoms with Gasteiger partial charge < -0.3 is 0 Å². The fourth-order valence-corrected chi connectivity index (χ4v) is 3.17. The van der Waals surface area contributed by atoms with E-state index in [-0.39, 0.29) is 0 Å². The van der Waals surface area contributed by atoms with Crippen LogP contribution in [0.1, 0.15) is 59.9 Å². The lowest BCUT2D eigenvalue weighted by Crippen LogP contribution is -2.19. The molecular weight excluding hydrogens is 214 g/mol. The Labute approximate surface area is 102 Å². The summed E-state index contributed by atoms with van der Waals surface area (Å²) in [6.45, 7) is 1.81. The second-order valence-corrected chi connectivity index (χ2v) is 5.34. The zero-order valence-corrected chi connectivity index (χ0v) is 10.4. The molecule has 4 heteroatoms. The van der Waals surface area contributed by atoms with Gasteiger partial charge in [-0.3, -0.25) is 14.4 Å². The molecule has 0 N–H and O–H groups in total. The number of aldehydes is 1. The van der Waals surface area contributed by atoms with Gasteiger partial charge in [0.25, 0.3) is 0 Å². The lowest BCUT2D eigenvalue weighted by atomic mass is 9.95. The molecule has 0 radical (unpaired) electrons. The molecule has 92 valence electrons. The molecule has 3 rings (SSSR count). The van der Waals surface area contributed by atoms with Crippen molar-refractivity contribution in [3.05, 3.63) is 17.0 Å². The van der Waals surface area contributed by atoms with Gasteiger partial charge in [-0.2, -0.15) is 5.10 Å². The Morgan fingerprint density at radius 3 is 2.71 bits per heavy atom. The standard InChI is InChI=1S/C13H19N3O/c1-15-7-11-12(9-17)14-16(13(11)8-15)10-5-3-2-4-6-10/h9-10H,2-8H2,1H3. The average Bonchev–Trinajstić information content (AvgIpc) is 2.87. The monoisotopic (exact) mass is 233 g/mol. The van der Waals surface area contributed by atoms with Crippen molar-refractivity contribution in [2.24, 2.45) is 0 Å². The van der Waals surface area contributed by atoms with Crippen molar-refractivity contribution in [3.63, 3.8) is 0 Å². The predicted molar refractivity (Wildman–Crippen MR) is 64.9 cm³/mol. The van der Waals surface area contributed by atoms with E-state index in [1.165, 1.54) is 37.8 Å². The molecule has 4 nitrogen and oxygen atoms in total. The van der Waals surface area contributed by atoms with Gasteiger partial charge in [-0.05, 0) is 19.9 Å². The zero-order valence-electron chi connectivity index (χ0n) is 10.4. The van der Waals surface area contributed by atoms with Gasteiger partial charge in [0.1, 0.15) is 5.69 Å². The SMILES string of the molecule is CN1Cc2c(C=O)nn(C3CCCCC3)c2C1. The van der Waals surface area contributed by atoms with Crippen LogP contribution in [0.3, 0.4) is 0 Å². The topological polar surface area (TPSA) is 38.1 Å². The largest absolute Gasteiger partial charge is 0.296 e. The molecule has 1 fully saturated rings. The van der Waals surface area contributed by atoms with Crippen molar-refractivity contribution in [1.29, 1.82) is 0 Å². The van der Waals surface area contributed by atoms with E-state index in [4.69, 9.17) is 0 Å². The highest BCUT2D eigenvalue weighted by Crippen LogP contribution is 2.33. The van der Waals surface area contributed by atoms with Gasteiger partial charge in [0.05, 0.1) is 11.7 Å². The summed E-state index contributed by atoms with van der Waals surface area (Å²) < 4.78 is 2.15. The number of rotatable bonds is 2. The minimum absolute atomic E-state index is 0.526. The van der Waals surface area contributed by atoms with Gasteiger partial charge >= 0.3 is 0 Å². The molecule has 0 saturated heterocycles. The molecule has 0 aromatic carbocycles. The summed E-state index contributed by atoms with van der Waals surface area (Å²) in [4.78, 5) is 13.3. The smallest absolute Gasteiger partial charge is 0.170 e. The first-order valence-electron chi connectivity index (χ1n) is 6.53. The van der Waals surface area contributed by atoms with Gasteiger partial charge in [0.2, 0.25) is 0 Å². The van der Waals surface area contributed by atoms with E-state index in [0.29, 0.717) is 11.7 Å². The van der Waals surface area contributed by atoms with Crippen LogP contribution >= 0.6 is 0 Å². The fourth-order valence-electron chi connectivity index (χ4n) is 3.17. The third kappa shape index (κ3) is 1.80. The van der Waals surface area contributed by atoms with Crippen LogP contribution in [0.5, 0.6) is 0 Å². The van der Waals surface area contributed by atoms with Crippen molar-refractivity contribution in [2.75, 3.05) is 7.05 Å². The molecular formula is C13H19N3O. The van der Waals surface area contributed by atoms with E-state index < -0.39 is 0 Å². The van der Waals surface area contributed by atoms with E-state index in [1.54, 1.807) is 0 Å². The fraction of sp³-hybridized carbons (Fsp3) is 0.692. The molecule has 1 aliphatic heterocycles. The second kappa shape index (κ2) is 4.26. The zero-order chi connectivity index (χ0) is 11.8. The highest BCUT2D eigenvalue weighted by molar-refractivity contribution is 5.75. The molecule has 17 heavy (non-hydrogen) atoms. The Morgan fingerprint density at radius 2 is 2.00 bits per heavy atom. The summed E-state index contributed by atoms with van der Waals surface area (Å²) in [6.07, 6.45) is 7.29. The van der Waals surface area contributed by atoms with Crippen LogP contribution in [0, 0.1) is 0 Å². The van der Waals surface area contributed by atoms with E-state index in [9.17, 15) is 4.79 Å². The molecule has 2 aliphatic rings. The van der Waals surface area contributed by atoms with Gasteiger partial charge in [-0.1, -0.05) is 19.3 Å². The Morgan fingerprint density at radius 1 is 1.24 bits per heavy atom. The molecule has 1 aliphatic carbocycles. The van der Waals surface area contributed by atoms with Crippen LogP contribution in [-0.4, -0.2) is 28.0 Å². The van der Waals surface area contributed by atoms with Gasteiger partial charge in [0, 0.05) is 18.7 Å². The molecule has 0 bridgehead atoms. The molecule has 1 saturated carbocycles. The first-order chi connectivity index (χ1) is 8.29. The first-order valence-corrected chi connectivity index (χ1v) is 6.53. The highest BCUT2D eigenvalue weighted by atomic mass is 16.1. The van der Waals surface area contributed by atoms with Crippen molar-refractivity contribution in [3.8, 4) is 0 Å². The number of nitrogens with zero attached hydrogens (tertiary/aromatic N) is 3. The maximum absolute atomic E-state index is 11.1. The van der Waals surface area contributed by atoms with Gasteiger partial charge in [0.15, 0.2) is 6.29 Å². The minimum atomic E-state index is 0.526. The molecule has 0 atom stereocenters. The van der Waals surface area contributed by atoms with E-state index in [2.05, 4.69) is 21.7 Å². The van der Waals surface area contributed by atoms with Crippen LogP contribution in [0.4, 0.5) is 0 Å². The van der Waals surface area contributed by atoms with E-state index >= 15 is 0 Å². The summed E-state index contributed by atoms with van der Waals surface area (Å²) in [5.74, 6) is 0. The summed E-state index contributed by atoms with van der Waals surface area (Å²) >= 11 is 0. The Hall–Kier alpha value is -1.16. The molecule has 0 amide bonds. The number of fused-ring (bicyclic) bond motifs is 1. The maximum Gasteiger partial charge on any atom is 0.170 e. The van der Waals surface area contributed by atoms with E-state index in [1.807, 2.05) is 0 Å². The number of hydrogen-bond donors (Lipinski definition) is 0. The summed E-state index contributed by atoms with van der Waals surface area (Å²) in [5, 5.41) is 4.53. The summed E-state index contributed by atoms with van der Waals surface area (Å²) in [5.41, 5.74) is 3.10. The number of carbonyl (C=O) groups is 1. The third-order valence-electron chi connectivity index (χ3n) is 4.03. The summed E-state index contributed by atoms with van der Waals surface area (Å²) in [6, 6.07) is 0.526. The quantitative estimate of drug-likeness (QED) is 0.735. The minimum Gasteiger partial charge on any atom is -0.296 e. The van der Waals surface area contributed by atoms with Crippen molar-refractivity contribution in [1.82, 2.24) is 14.7 Å². The number of carbonyl (C=O) groups excluding carboxylic acids is 1. The Balaban J connectivity index is 1.97. The normalized spacial score (nSPS) is 21.7. The average molecular weight is 233 g/mol. The van der Waals surface area contributed by atoms with Crippen LogP contribution in [0.15, 0.2) is 0 Å². The third-order valence-corrected chi connectivity index (χ3v) is 4.03. The van der Waals surface area contributed by atoms with E-state index in [0.717, 1.165) is 24.9 Å². The Bertz CT molecular complexity index is 432.